The fourth-order valence-electron chi connectivity index (χ4n) is 6.02. The standard InChI is InChI=1S/C36H74/c1-6-8-10-12-13-14-15-16-17-18-19-20-21-24-29-35(4)32-27-33-36(5)31-26-22-25-30-34(3)28-23-11-9-7-2/h34-36H,6-33H2,1-5H3. The van der Waals surface area contributed by atoms with E-state index in [0.29, 0.717) is 0 Å². The van der Waals surface area contributed by atoms with E-state index in [-0.39, 0.29) is 0 Å². The molecule has 0 saturated carbocycles. The van der Waals surface area contributed by atoms with E-state index in [0.717, 1.165) is 17.8 Å². The van der Waals surface area contributed by atoms with Crippen molar-refractivity contribution in [3.63, 3.8) is 0 Å². The van der Waals surface area contributed by atoms with Gasteiger partial charge in [0.1, 0.15) is 0 Å². The summed E-state index contributed by atoms with van der Waals surface area (Å²) in [6.07, 6.45) is 41.0. The van der Waals surface area contributed by atoms with Crippen LogP contribution >= 0.6 is 0 Å². The van der Waals surface area contributed by atoms with E-state index in [9.17, 15) is 0 Å². The summed E-state index contributed by atoms with van der Waals surface area (Å²) in [7, 11) is 0. The van der Waals surface area contributed by atoms with Gasteiger partial charge in [-0.05, 0) is 17.8 Å². The van der Waals surface area contributed by atoms with Gasteiger partial charge >= 0.3 is 0 Å². The molecule has 0 saturated heterocycles. The molecule has 0 spiro atoms. The highest BCUT2D eigenvalue weighted by Crippen LogP contribution is 2.23. The summed E-state index contributed by atoms with van der Waals surface area (Å²) in [6, 6.07) is 0. The van der Waals surface area contributed by atoms with Crippen LogP contribution in [0.4, 0.5) is 0 Å². The first-order valence-corrected chi connectivity index (χ1v) is 17.6. The predicted octanol–water partition coefficient (Wildman–Crippen LogP) is 13.9. The van der Waals surface area contributed by atoms with E-state index in [1.807, 2.05) is 0 Å². The fraction of sp³-hybridized carbons (Fsp3) is 1.00. The second-order valence-electron chi connectivity index (χ2n) is 13.1. The Balaban J connectivity index is 3.33. The van der Waals surface area contributed by atoms with Gasteiger partial charge in [-0.3, -0.25) is 0 Å². The molecule has 0 heterocycles. The first kappa shape index (κ1) is 36.0. The highest BCUT2D eigenvalue weighted by Gasteiger charge is 2.07. The average Bonchev–Trinajstić information content (AvgIpc) is 2.86. The molecular formula is C36H74. The van der Waals surface area contributed by atoms with Gasteiger partial charge in [0.25, 0.3) is 0 Å². The maximum absolute atomic E-state index is 2.51. The van der Waals surface area contributed by atoms with Crippen molar-refractivity contribution in [2.45, 2.75) is 214 Å². The second kappa shape index (κ2) is 29.6. The van der Waals surface area contributed by atoms with Crippen molar-refractivity contribution in [3.8, 4) is 0 Å². The Morgan fingerprint density at radius 3 is 0.750 bits per heavy atom. The van der Waals surface area contributed by atoms with Crippen LogP contribution in [0.1, 0.15) is 214 Å². The zero-order valence-electron chi connectivity index (χ0n) is 26.5. The van der Waals surface area contributed by atoms with E-state index in [1.54, 1.807) is 0 Å². The zero-order valence-corrected chi connectivity index (χ0v) is 26.5. The highest BCUT2D eigenvalue weighted by atomic mass is 14.1. The van der Waals surface area contributed by atoms with Crippen LogP contribution in [0, 0.1) is 17.8 Å². The normalized spacial score (nSPS) is 14.2. The molecule has 3 atom stereocenters. The SMILES string of the molecule is CCCCCCCCCCCCCCCCC(C)CCCC(C)CCCCCC(C)CCCCCC. The number of hydrogen-bond donors (Lipinski definition) is 0. The maximum atomic E-state index is 2.51. The van der Waals surface area contributed by atoms with Gasteiger partial charge in [-0.15, -0.1) is 0 Å². The molecule has 0 radical (unpaired) electrons. The van der Waals surface area contributed by atoms with Crippen LogP contribution in [0.5, 0.6) is 0 Å². The molecule has 3 unspecified atom stereocenters. The van der Waals surface area contributed by atoms with Gasteiger partial charge in [0, 0.05) is 0 Å². The van der Waals surface area contributed by atoms with Gasteiger partial charge in [-0.2, -0.15) is 0 Å². The van der Waals surface area contributed by atoms with Crippen molar-refractivity contribution in [2.75, 3.05) is 0 Å². The first-order chi connectivity index (χ1) is 17.6. The molecule has 0 rings (SSSR count). The van der Waals surface area contributed by atoms with E-state index in [1.165, 1.54) is 180 Å². The van der Waals surface area contributed by atoms with Gasteiger partial charge < -0.3 is 0 Å². The molecule has 0 N–H and O–H groups in total. The lowest BCUT2D eigenvalue weighted by atomic mass is 9.91. The van der Waals surface area contributed by atoms with E-state index < -0.39 is 0 Å². The quantitative estimate of drug-likeness (QED) is 0.0849. The monoisotopic (exact) mass is 507 g/mol. The molecule has 0 aromatic carbocycles. The van der Waals surface area contributed by atoms with Crippen LogP contribution in [0.15, 0.2) is 0 Å². The molecule has 0 aliphatic carbocycles. The number of unbranched alkanes of at least 4 members (excludes halogenated alkanes) is 18. The first-order valence-electron chi connectivity index (χ1n) is 17.6. The lowest BCUT2D eigenvalue weighted by Crippen LogP contribution is -2.00. The molecule has 0 amide bonds. The molecule has 0 heteroatoms. The van der Waals surface area contributed by atoms with Crippen LogP contribution < -0.4 is 0 Å². The van der Waals surface area contributed by atoms with Crippen LogP contribution in [-0.2, 0) is 0 Å². The van der Waals surface area contributed by atoms with E-state index >= 15 is 0 Å². The van der Waals surface area contributed by atoms with Gasteiger partial charge in [-0.1, -0.05) is 214 Å². The highest BCUT2D eigenvalue weighted by molar-refractivity contribution is 4.60. The second-order valence-corrected chi connectivity index (χ2v) is 13.1. The summed E-state index contributed by atoms with van der Waals surface area (Å²) in [5.41, 5.74) is 0. The summed E-state index contributed by atoms with van der Waals surface area (Å²) < 4.78 is 0. The molecule has 0 aromatic heterocycles. The topological polar surface area (TPSA) is 0 Å². The molecular weight excluding hydrogens is 432 g/mol. The number of rotatable bonds is 30. The third-order valence-electron chi connectivity index (χ3n) is 8.89. The van der Waals surface area contributed by atoms with Crippen molar-refractivity contribution in [3.05, 3.63) is 0 Å². The molecule has 0 aliphatic rings. The van der Waals surface area contributed by atoms with E-state index in [2.05, 4.69) is 34.6 Å². The molecule has 0 nitrogen and oxygen atoms in total. The maximum Gasteiger partial charge on any atom is -0.0443 e. The molecule has 0 aromatic rings. The molecule has 218 valence electrons. The van der Waals surface area contributed by atoms with Crippen LogP contribution in [-0.4, -0.2) is 0 Å². The largest absolute Gasteiger partial charge is 0.0654 e. The lowest BCUT2D eigenvalue weighted by Gasteiger charge is -2.15. The Labute approximate surface area is 232 Å². The van der Waals surface area contributed by atoms with Crippen LogP contribution in [0.2, 0.25) is 0 Å². The minimum Gasteiger partial charge on any atom is -0.0654 e. The van der Waals surface area contributed by atoms with Gasteiger partial charge in [-0.25, -0.2) is 0 Å². The Morgan fingerprint density at radius 2 is 0.444 bits per heavy atom. The average molecular weight is 507 g/mol. The Hall–Kier alpha value is 0. The minimum atomic E-state index is 0.949. The molecule has 0 aliphatic heterocycles. The summed E-state index contributed by atoms with van der Waals surface area (Å²) in [4.78, 5) is 0. The van der Waals surface area contributed by atoms with Crippen LogP contribution in [0.25, 0.3) is 0 Å². The Bertz CT molecular complexity index is 385. The van der Waals surface area contributed by atoms with Crippen molar-refractivity contribution in [1.82, 2.24) is 0 Å². The molecule has 0 fully saturated rings. The molecule has 0 bridgehead atoms. The summed E-state index contributed by atoms with van der Waals surface area (Å²) in [5, 5.41) is 0. The van der Waals surface area contributed by atoms with Gasteiger partial charge in [0.05, 0.1) is 0 Å². The zero-order chi connectivity index (χ0) is 26.5. The van der Waals surface area contributed by atoms with Gasteiger partial charge in [0.15, 0.2) is 0 Å². The smallest absolute Gasteiger partial charge is 0.0443 e. The minimum absolute atomic E-state index is 0.949. The van der Waals surface area contributed by atoms with Crippen LogP contribution in [0.3, 0.4) is 0 Å². The summed E-state index contributed by atoms with van der Waals surface area (Å²) >= 11 is 0. The van der Waals surface area contributed by atoms with Crippen molar-refractivity contribution in [2.24, 2.45) is 17.8 Å². The Kier molecular flexibility index (Phi) is 29.6. The fourth-order valence-corrected chi connectivity index (χ4v) is 6.02. The van der Waals surface area contributed by atoms with Crippen molar-refractivity contribution < 1.29 is 0 Å². The predicted molar refractivity (Wildman–Crippen MR) is 168 cm³/mol. The number of hydrogen-bond acceptors (Lipinski definition) is 0. The van der Waals surface area contributed by atoms with Crippen molar-refractivity contribution >= 4 is 0 Å². The summed E-state index contributed by atoms with van der Waals surface area (Å²) in [5.74, 6) is 2.86. The summed E-state index contributed by atoms with van der Waals surface area (Å²) in [6.45, 7) is 12.1. The van der Waals surface area contributed by atoms with Gasteiger partial charge in [0.2, 0.25) is 0 Å². The third-order valence-corrected chi connectivity index (χ3v) is 8.89. The lowest BCUT2D eigenvalue weighted by molar-refractivity contribution is 0.385. The van der Waals surface area contributed by atoms with E-state index in [4.69, 9.17) is 0 Å². The molecule has 36 heavy (non-hydrogen) atoms. The van der Waals surface area contributed by atoms with Crippen molar-refractivity contribution in [1.29, 1.82) is 0 Å². The Morgan fingerprint density at radius 1 is 0.250 bits per heavy atom. The third kappa shape index (κ3) is 28.6.